The van der Waals surface area contributed by atoms with E-state index in [2.05, 4.69) is 12.1 Å². The van der Waals surface area contributed by atoms with Crippen molar-refractivity contribution in [2.75, 3.05) is 0 Å². The van der Waals surface area contributed by atoms with Crippen LogP contribution < -0.4 is 0 Å². The molecule has 0 saturated carbocycles. The van der Waals surface area contributed by atoms with E-state index < -0.39 is 5.60 Å². The van der Waals surface area contributed by atoms with Gasteiger partial charge in [-0.15, -0.1) is 5.16 Å². The van der Waals surface area contributed by atoms with Gasteiger partial charge in [-0.1, -0.05) is 19.8 Å². The fraction of sp³-hybridized carbons (Fsp3) is 0.875. The van der Waals surface area contributed by atoms with Crippen LogP contribution >= 0.6 is 0 Å². The maximum Gasteiger partial charge on any atom is 0.0670 e. The molecule has 2 N–H and O–H groups in total. The van der Waals surface area contributed by atoms with Gasteiger partial charge < -0.3 is 10.3 Å². The average Bonchev–Trinajstić information content (AvgIpc) is 1.97. The van der Waals surface area contributed by atoms with Crippen molar-refractivity contribution >= 4 is 6.21 Å². The van der Waals surface area contributed by atoms with Crippen molar-refractivity contribution in [1.29, 1.82) is 0 Å². The van der Waals surface area contributed by atoms with Gasteiger partial charge in [-0.2, -0.15) is 0 Å². The quantitative estimate of drug-likeness (QED) is 0.365. The highest BCUT2D eigenvalue weighted by Gasteiger charge is 2.17. The van der Waals surface area contributed by atoms with Gasteiger partial charge in [-0.3, -0.25) is 0 Å². The molecule has 0 saturated heterocycles. The predicted molar refractivity (Wildman–Crippen MR) is 45.0 cm³/mol. The summed E-state index contributed by atoms with van der Waals surface area (Å²) < 4.78 is 0. The summed E-state index contributed by atoms with van der Waals surface area (Å²) in [6.07, 6.45) is 4.59. The number of hydrogen-bond acceptors (Lipinski definition) is 3. The third-order valence-electron chi connectivity index (χ3n) is 1.68. The first-order valence-electron chi connectivity index (χ1n) is 4.00. The van der Waals surface area contributed by atoms with Crippen molar-refractivity contribution in [3.63, 3.8) is 0 Å². The lowest BCUT2D eigenvalue weighted by molar-refractivity contribution is 0.0566. The molecular formula is C8H17NO2. The second-order valence-corrected chi connectivity index (χ2v) is 3.10. The Balaban J connectivity index is 3.60. The van der Waals surface area contributed by atoms with Gasteiger partial charge in [0.15, 0.2) is 0 Å². The molecule has 0 amide bonds. The monoisotopic (exact) mass is 159 g/mol. The predicted octanol–water partition coefficient (Wildman–Crippen LogP) is 1.78. The second kappa shape index (κ2) is 5.13. The Morgan fingerprint density at radius 1 is 1.55 bits per heavy atom. The van der Waals surface area contributed by atoms with Gasteiger partial charge >= 0.3 is 0 Å². The summed E-state index contributed by atoms with van der Waals surface area (Å²) >= 11 is 0. The van der Waals surface area contributed by atoms with E-state index in [1.165, 1.54) is 6.21 Å². The summed E-state index contributed by atoms with van der Waals surface area (Å²) in [7, 11) is 0. The first kappa shape index (κ1) is 10.4. The van der Waals surface area contributed by atoms with Crippen LogP contribution in [0, 0.1) is 0 Å². The van der Waals surface area contributed by atoms with Crippen LogP contribution in [0.2, 0.25) is 0 Å². The molecule has 0 aliphatic heterocycles. The van der Waals surface area contributed by atoms with E-state index in [1.54, 1.807) is 6.92 Å². The van der Waals surface area contributed by atoms with Gasteiger partial charge in [0.25, 0.3) is 0 Å². The summed E-state index contributed by atoms with van der Waals surface area (Å²) in [4.78, 5) is 0. The molecule has 0 spiro atoms. The van der Waals surface area contributed by atoms with Gasteiger partial charge in [0.1, 0.15) is 0 Å². The summed E-state index contributed by atoms with van der Waals surface area (Å²) in [5.41, 5.74) is -0.706. The van der Waals surface area contributed by atoms with Crippen LogP contribution in [0.15, 0.2) is 5.16 Å². The Bertz CT molecular complexity index is 121. The molecule has 0 aliphatic rings. The van der Waals surface area contributed by atoms with Gasteiger partial charge in [-0.25, -0.2) is 0 Å². The number of nitrogens with zero attached hydrogens (tertiary/aromatic N) is 1. The molecule has 0 aromatic rings. The third-order valence-corrected chi connectivity index (χ3v) is 1.68. The minimum absolute atomic E-state index is 0.420. The van der Waals surface area contributed by atoms with Crippen LogP contribution in [0.1, 0.15) is 39.5 Å². The minimum Gasteiger partial charge on any atom is -0.411 e. The van der Waals surface area contributed by atoms with E-state index in [0.29, 0.717) is 6.42 Å². The fourth-order valence-corrected chi connectivity index (χ4v) is 0.897. The Hall–Kier alpha value is -0.570. The highest BCUT2D eigenvalue weighted by atomic mass is 16.4. The lowest BCUT2D eigenvalue weighted by Crippen LogP contribution is -2.24. The molecule has 0 bridgehead atoms. The summed E-state index contributed by atoms with van der Waals surface area (Å²) in [6.45, 7) is 3.83. The molecule has 1 unspecified atom stereocenters. The second-order valence-electron chi connectivity index (χ2n) is 3.10. The number of rotatable bonds is 5. The number of aliphatic hydroxyl groups is 1. The SMILES string of the molecule is CCCCC(C)(O)C/C=N/O. The Kier molecular flexibility index (Phi) is 4.86. The summed E-state index contributed by atoms with van der Waals surface area (Å²) in [5.74, 6) is 0. The zero-order chi connectivity index (χ0) is 8.74. The first-order chi connectivity index (χ1) is 5.12. The average molecular weight is 159 g/mol. The van der Waals surface area contributed by atoms with E-state index in [9.17, 15) is 5.11 Å². The molecule has 0 radical (unpaired) electrons. The van der Waals surface area contributed by atoms with E-state index in [-0.39, 0.29) is 0 Å². The summed E-state index contributed by atoms with van der Waals surface area (Å²) in [5, 5.41) is 20.5. The van der Waals surface area contributed by atoms with Crippen molar-refractivity contribution in [3.05, 3.63) is 0 Å². The van der Waals surface area contributed by atoms with Crippen molar-refractivity contribution in [1.82, 2.24) is 0 Å². The number of oxime groups is 1. The maximum atomic E-state index is 9.57. The standard InChI is InChI=1S/C8H17NO2/c1-3-4-5-8(2,10)6-7-9-11/h7,10-11H,3-6H2,1-2H3/b9-7+. The van der Waals surface area contributed by atoms with Crippen molar-refractivity contribution in [2.45, 2.75) is 45.1 Å². The van der Waals surface area contributed by atoms with Crippen LogP contribution in [0.5, 0.6) is 0 Å². The van der Waals surface area contributed by atoms with Crippen molar-refractivity contribution in [2.24, 2.45) is 5.16 Å². The lowest BCUT2D eigenvalue weighted by Gasteiger charge is -2.20. The molecule has 3 heteroatoms. The molecule has 3 nitrogen and oxygen atoms in total. The van der Waals surface area contributed by atoms with Gasteiger partial charge in [-0.05, 0) is 13.3 Å². The molecule has 0 heterocycles. The van der Waals surface area contributed by atoms with E-state index in [0.717, 1.165) is 19.3 Å². The molecule has 11 heavy (non-hydrogen) atoms. The summed E-state index contributed by atoms with van der Waals surface area (Å²) in [6, 6.07) is 0. The molecular weight excluding hydrogens is 142 g/mol. The van der Waals surface area contributed by atoms with Crippen LogP contribution in [0.25, 0.3) is 0 Å². The van der Waals surface area contributed by atoms with Crippen molar-refractivity contribution in [3.8, 4) is 0 Å². The first-order valence-corrected chi connectivity index (χ1v) is 4.00. The highest BCUT2D eigenvalue weighted by molar-refractivity contribution is 5.57. The molecule has 0 aromatic heterocycles. The van der Waals surface area contributed by atoms with Gasteiger partial charge in [0.05, 0.1) is 5.60 Å². The van der Waals surface area contributed by atoms with E-state index in [1.807, 2.05) is 0 Å². The Morgan fingerprint density at radius 2 is 2.18 bits per heavy atom. The number of hydrogen-bond donors (Lipinski definition) is 2. The van der Waals surface area contributed by atoms with Crippen LogP contribution in [-0.4, -0.2) is 22.1 Å². The minimum atomic E-state index is -0.706. The molecule has 1 atom stereocenters. The van der Waals surface area contributed by atoms with E-state index in [4.69, 9.17) is 5.21 Å². The molecule has 66 valence electrons. The number of unbranched alkanes of at least 4 members (excludes halogenated alkanes) is 1. The molecule has 0 aromatic carbocycles. The lowest BCUT2D eigenvalue weighted by atomic mass is 9.96. The fourth-order valence-electron chi connectivity index (χ4n) is 0.897. The maximum absolute atomic E-state index is 9.57. The van der Waals surface area contributed by atoms with E-state index >= 15 is 0 Å². The normalized spacial score (nSPS) is 17.0. The largest absolute Gasteiger partial charge is 0.411 e. The zero-order valence-electron chi connectivity index (χ0n) is 7.25. The third kappa shape index (κ3) is 5.85. The topological polar surface area (TPSA) is 52.8 Å². The Morgan fingerprint density at radius 3 is 2.64 bits per heavy atom. The van der Waals surface area contributed by atoms with Gasteiger partial charge in [0, 0.05) is 12.6 Å². The van der Waals surface area contributed by atoms with Crippen LogP contribution in [-0.2, 0) is 0 Å². The van der Waals surface area contributed by atoms with Crippen LogP contribution in [0.4, 0.5) is 0 Å². The molecule has 0 aliphatic carbocycles. The zero-order valence-corrected chi connectivity index (χ0v) is 7.25. The smallest absolute Gasteiger partial charge is 0.0670 e. The molecule has 0 fully saturated rings. The van der Waals surface area contributed by atoms with Gasteiger partial charge in [0.2, 0.25) is 0 Å². The van der Waals surface area contributed by atoms with Crippen LogP contribution in [0.3, 0.4) is 0 Å². The highest BCUT2D eigenvalue weighted by Crippen LogP contribution is 2.15. The van der Waals surface area contributed by atoms with Crippen molar-refractivity contribution < 1.29 is 10.3 Å². The Labute approximate surface area is 67.7 Å². The molecule has 0 rings (SSSR count).